The molecule has 0 saturated heterocycles. The van der Waals surface area contributed by atoms with Gasteiger partial charge in [-0.15, -0.1) is 16.4 Å². The summed E-state index contributed by atoms with van der Waals surface area (Å²) in [6.07, 6.45) is 1.80. The third kappa shape index (κ3) is 3.58. The van der Waals surface area contributed by atoms with Crippen LogP contribution in [-0.2, 0) is 16.9 Å². The van der Waals surface area contributed by atoms with Crippen LogP contribution in [0.15, 0.2) is 11.6 Å². The van der Waals surface area contributed by atoms with Gasteiger partial charge in [0.1, 0.15) is 5.69 Å². The van der Waals surface area contributed by atoms with Crippen LogP contribution in [0.2, 0.25) is 0 Å². The molecule has 0 radical (unpaired) electrons. The maximum Gasteiger partial charge on any atom is 0.223 e. The number of nitrogens with one attached hydrogen (secondary N) is 1. The largest absolute Gasteiger partial charge is 0.320 e. The maximum absolute atomic E-state index is 10.9. The van der Waals surface area contributed by atoms with Crippen LogP contribution in [-0.4, -0.2) is 25.9 Å². The number of rotatable bonds is 4. The Morgan fingerprint density at radius 3 is 2.89 bits per heavy atom. The van der Waals surface area contributed by atoms with Gasteiger partial charge in [0, 0.05) is 12.3 Å². The minimum Gasteiger partial charge on any atom is -0.320 e. The summed E-state index contributed by atoms with van der Waals surface area (Å²) in [5.74, 6) is -0.131. The maximum atomic E-state index is 10.9. The van der Waals surface area contributed by atoms with Crippen LogP contribution in [0.1, 0.15) is 32.2 Å². The van der Waals surface area contributed by atoms with Crippen molar-refractivity contribution in [2.24, 2.45) is 5.73 Å². The van der Waals surface area contributed by atoms with E-state index in [2.05, 4.69) is 20.6 Å². The lowest BCUT2D eigenvalue weighted by Crippen LogP contribution is -2.29. The van der Waals surface area contributed by atoms with Gasteiger partial charge in [0.15, 0.2) is 5.13 Å². The molecule has 8 heteroatoms. The van der Waals surface area contributed by atoms with E-state index in [1.54, 1.807) is 10.9 Å². The van der Waals surface area contributed by atoms with E-state index in [-0.39, 0.29) is 5.91 Å². The molecule has 0 atom stereocenters. The second-order valence-electron chi connectivity index (χ2n) is 4.85. The third-order valence-corrected chi connectivity index (χ3v) is 3.16. The zero-order valence-electron chi connectivity index (χ0n) is 11.0. The summed E-state index contributed by atoms with van der Waals surface area (Å²) in [5.41, 5.74) is 6.98. The fraction of sp³-hybridized carbons (Fsp3) is 0.455. The molecule has 0 saturated carbocycles. The van der Waals surface area contributed by atoms with Gasteiger partial charge in [-0.1, -0.05) is 5.21 Å². The average Bonchev–Trinajstić information content (AvgIpc) is 2.86. The highest BCUT2D eigenvalue weighted by molar-refractivity contribution is 7.13. The molecule has 2 rings (SSSR count). The van der Waals surface area contributed by atoms with Gasteiger partial charge in [0.25, 0.3) is 0 Å². The van der Waals surface area contributed by atoms with Crippen LogP contribution >= 0.6 is 11.3 Å². The molecular formula is C11H16N6OS. The second-order valence-corrected chi connectivity index (χ2v) is 5.71. The molecule has 7 nitrogen and oxygen atoms in total. The van der Waals surface area contributed by atoms with Crippen LogP contribution in [0.25, 0.3) is 0 Å². The van der Waals surface area contributed by atoms with Crippen molar-refractivity contribution in [2.45, 2.75) is 32.9 Å². The molecule has 2 heterocycles. The van der Waals surface area contributed by atoms with E-state index >= 15 is 0 Å². The van der Waals surface area contributed by atoms with Crippen LogP contribution in [0.3, 0.4) is 0 Å². The zero-order valence-corrected chi connectivity index (χ0v) is 11.9. The van der Waals surface area contributed by atoms with Gasteiger partial charge in [-0.05, 0) is 13.8 Å². The summed E-state index contributed by atoms with van der Waals surface area (Å²) in [4.78, 5) is 15.2. The summed E-state index contributed by atoms with van der Waals surface area (Å²) in [7, 11) is 0. The summed E-state index contributed by atoms with van der Waals surface area (Å²) >= 11 is 1.38. The van der Waals surface area contributed by atoms with Gasteiger partial charge in [0.05, 0.1) is 24.0 Å². The average molecular weight is 280 g/mol. The molecule has 2 aromatic heterocycles. The van der Waals surface area contributed by atoms with E-state index < -0.39 is 5.54 Å². The van der Waals surface area contributed by atoms with Crippen LogP contribution < -0.4 is 11.1 Å². The van der Waals surface area contributed by atoms with E-state index in [1.165, 1.54) is 18.3 Å². The first-order valence-electron chi connectivity index (χ1n) is 5.76. The molecule has 1 amide bonds. The topological polar surface area (TPSA) is 98.7 Å². The minimum atomic E-state index is -0.512. The van der Waals surface area contributed by atoms with Crippen LogP contribution in [0.4, 0.5) is 5.13 Å². The summed E-state index contributed by atoms with van der Waals surface area (Å²) < 4.78 is 1.68. The van der Waals surface area contributed by atoms with Crippen molar-refractivity contribution in [3.63, 3.8) is 0 Å². The van der Waals surface area contributed by atoms with Crippen molar-refractivity contribution >= 4 is 22.4 Å². The summed E-state index contributed by atoms with van der Waals surface area (Å²) in [6.45, 7) is 5.70. The number of nitrogens with zero attached hydrogens (tertiary/aromatic N) is 4. The van der Waals surface area contributed by atoms with E-state index in [9.17, 15) is 4.79 Å². The number of nitrogens with two attached hydrogens (primary N) is 1. The Labute approximate surface area is 114 Å². The Morgan fingerprint density at radius 1 is 1.58 bits per heavy atom. The molecule has 0 aliphatic carbocycles. The van der Waals surface area contributed by atoms with Crippen molar-refractivity contribution in [1.82, 2.24) is 20.0 Å². The van der Waals surface area contributed by atoms with Crippen molar-refractivity contribution in [3.8, 4) is 0 Å². The molecule has 3 N–H and O–H groups in total. The van der Waals surface area contributed by atoms with Gasteiger partial charge >= 0.3 is 0 Å². The Kier molecular flexibility index (Phi) is 3.63. The smallest absolute Gasteiger partial charge is 0.223 e. The number of carbonyl (C=O) groups excluding carboxylic acids is 1. The van der Waals surface area contributed by atoms with E-state index in [4.69, 9.17) is 5.73 Å². The molecule has 0 unspecified atom stereocenters. The molecule has 0 aliphatic heterocycles. The molecule has 0 spiro atoms. The van der Waals surface area contributed by atoms with Crippen molar-refractivity contribution < 1.29 is 4.79 Å². The SMILES string of the molecule is CC(=O)Nc1nc(Cn2cc(C(C)(C)N)nn2)cs1. The molecule has 2 aromatic rings. The predicted molar refractivity (Wildman–Crippen MR) is 72.8 cm³/mol. The summed E-state index contributed by atoms with van der Waals surface area (Å²) in [6, 6.07) is 0. The lowest BCUT2D eigenvalue weighted by molar-refractivity contribution is -0.114. The first-order chi connectivity index (χ1) is 8.84. The van der Waals surface area contributed by atoms with Crippen molar-refractivity contribution in [3.05, 3.63) is 23.0 Å². The highest BCUT2D eigenvalue weighted by Crippen LogP contribution is 2.17. The fourth-order valence-corrected chi connectivity index (χ4v) is 2.17. The molecular weight excluding hydrogens is 264 g/mol. The van der Waals surface area contributed by atoms with Gasteiger partial charge < -0.3 is 11.1 Å². The Hall–Kier alpha value is -1.80. The lowest BCUT2D eigenvalue weighted by Gasteiger charge is -2.13. The Bertz CT molecular complexity index is 582. The zero-order chi connectivity index (χ0) is 14.0. The molecule has 19 heavy (non-hydrogen) atoms. The molecule has 0 fully saturated rings. The quantitative estimate of drug-likeness (QED) is 0.868. The highest BCUT2D eigenvalue weighted by atomic mass is 32.1. The Morgan fingerprint density at radius 2 is 2.32 bits per heavy atom. The van der Waals surface area contributed by atoms with E-state index in [0.29, 0.717) is 11.7 Å². The molecule has 0 aliphatic rings. The van der Waals surface area contributed by atoms with Gasteiger partial charge in [0.2, 0.25) is 5.91 Å². The molecule has 102 valence electrons. The normalized spacial score (nSPS) is 11.6. The number of thiazole rings is 1. The molecule has 0 aromatic carbocycles. The number of amides is 1. The number of carbonyl (C=O) groups is 1. The predicted octanol–water partition coefficient (Wildman–Crippen LogP) is 0.935. The van der Waals surface area contributed by atoms with E-state index in [0.717, 1.165) is 11.4 Å². The monoisotopic (exact) mass is 280 g/mol. The first-order valence-corrected chi connectivity index (χ1v) is 6.64. The fourth-order valence-electron chi connectivity index (χ4n) is 1.42. The minimum absolute atomic E-state index is 0.131. The van der Waals surface area contributed by atoms with Gasteiger partial charge in [-0.2, -0.15) is 0 Å². The van der Waals surface area contributed by atoms with Crippen molar-refractivity contribution in [1.29, 1.82) is 0 Å². The number of hydrogen-bond donors (Lipinski definition) is 2. The van der Waals surface area contributed by atoms with Crippen LogP contribution in [0.5, 0.6) is 0 Å². The number of anilines is 1. The lowest BCUT2D eigenvalue weighted by atomic mass is 10.0. The first kappa shape index (κ1) is 13.6. The van der Waals surface area contributed by atoms with Gasteiger partial charge in [-0.3, -0.25) is 4.79 Å². The number of hydrogen-bond acceptors (Lipinski definition) is 6. The Balaban J connectivity index is 2.07. The number of aromatic nitrogens is 4. The van der Waals surface area contributed by atoms with Crippen LogP contribution in [0, 0.1) is 0 Å². The third-order valence-electron chi connectivity index (χ3n) is 2.36. The highest BCUT2D eigenvalue weighted by Gasteiger charge is 2.18. The summed E-state index contributed by atoms with van der Waals surface area (Å²) in [5, 5.41) is 13.1. The standard InChI is InChI=1S/C11H16N6OS/c1-7(18)13-10-14-8(6-19-10)4-17-5-9(15-16-17)11(2,3)12/h5-6H,4,12H2,1-3H3,(H,13,14,18). The van der Waals surface area contributed by atoms with Gasteiger partial charge in [-0.25, -0.2) is 9.67 Å². The van der Waals surface area contributed by atoms with E-state index in [1.807, 2.05) is 19.2 Å². The second kappa shape index (κ2) is 5.06. The van der Waals surface area contributed by atoms with Crippen molar-refractivity contribution in [2.75, 3.05) is 5.32 Å². The molecule has 0 bridgehead atoms.